The van der Waals surface area contributed by atoms with E-state index in [1.54, 1.807) is 0 Å². The quantitative estimate of drug-likeness (QED) is 0.445. The number of ether oxygens (including phenoxy) is 1. The molecule has 1 unspecified atom stereocenters. The maximum atomic E-state index is 12.3. The zero-order chi connectivity index (χ0) is 16.0. The summed E-state index contributed by atoms with van der Waals surface area (Å²) in [6.07, 6.45) is 1.59. The lowest BCUT2D eigenvalue weighted by Crippen LogP contribution is -2.61. The molecule has 0 spiro atoms. The number of methoxy groups -OCH3 is 1. The molecule has 1 fully saturated rings. The van der Waals surface area contributed by atoms with Crippen LogP contribution in [0.1, 0.15) is 33.6 Å². The predicted octanol–water partition coefficient (Wildman–Crippen LogP) is 2.79. The largest absolute Gasteiger partial charge is 0.467 e. The lowest BCUT2D eigenvalue weighted by Gasteiger charge is -2.44. The minimum absolute atomic E-state index is 0.0836. The van der Waals surface area contributed by atoms with Gasteiger partial charge in [0.25, 0.3) is 0 Å². The fourth-order valence-electron chi connectivity index (χ4n) is 2.37. The first-order valence-corrected chi connectivity index (χ1v) is 10.3. The average molecular weight is 303 g/mol. The minimum Gasteiger partial charge on any atom is -0.467 e. The molecule has 1 aliphatic rings. The zero-order valence-corrected chi connectivity index (χ0v) is 15.7. The first-order chi connectivity index (χ1) is 8.78. The van der Waals surface area contributed by atoms with E-state index < -0.39 is 14.4 Å². The maximum absolute atomic E-state index is 12.3. The first kappa shape index (κ1) is 17.7. The van der Waals surface area contributed by atoms with Crippen LogP contribution in [-0.4, -0.2) is 58.7 Å². The molecule has 1 atom stereocenters. The Bertz CT molecular complexity index is 376. The first-order valence-electron chi connectivity index (χ1n) is 7.36. The van der Waals surface area contributed by atoms with Crippen molar-refractivity contribution in [1.29, 1.82) is 0 Å². The van der Waals surface area contributed by atoms with Crippen molar-refractivity contribution in [2.45, 2.75) is 63.4 Å². The van der Waals surface area contributed by atoms with E-state index in [9.17, 15) is 4.79 Å². The third-order valence-electron chi connectivity index (χ3n) is 5.22. The van der Waals surface area contributed by atoms with Gasteiger partial charge in [-0.3, -0.25) is 0 Å². The summed E-state index contributed by atoms with van der Waals surface area (Å²) in [5, 5.41) is 0.0836. The monoisotopic (exact) mass is 302 g/mol. The molecular weight excluding hydrogens is 270 g/mol. The molecule has 0 aromatic heterocycles. The zero-order valence-electron chi connectivity index (χ0n) is 14.7. The molecule has 1 aliphatic carbocycles. The van der Waals surface area contributed by atoms with Crippen LogP contribution in [0.4, 0.5) is 0 Å². The Kier molecular flexibility index (Phi) is 4.51. The second-order valence-electron chi connectivity index (χ2n) is 8.40. The van der Waals surface area contributed by atoms with E-state index in [2.05, 4.69) is 55.0 Å². The summed E-state index contributed by atoms with van der Waals surface area (Å²) in [5.74, 6) is -0.222. The van der Waals surface area contributed by atoms with Gasteiger partial charge in [-0.2, -0.15) is 0 Å². The van der Waals surface area contributed by atoms with Crippen molar-refractivity contribution in [2.75, 3.05) is 28.3 Å². The number of quaternary nitrogens is 1. The number of hydrogen-bond donors (Lipinski definition) is 0. The summed E-state index contributed by atoms with van der Waals surface area (Å²) in [7, 11) is 5.86. The van der Waals surface area contributed by atoms with Crippen molar-refractivity contribution >= 4 is 14.3 Å². The highest BCUT2D eigenvalue weighted by molar-refractivity contribution is 6.74. The van der Waals surface area contributed by atoms with Gasteiger partial charge < -0.3 is 13.6 Å². The van der Waals surface area contributed by atoms with Crippen molar-refractivity contribution < 1.29 is 18.4 Å². The van der Waals surface area contributed by atoms with Gasteiger partial charge in [0.2, 0.25) is 0 Å². The molecule has 20 heavy (non-hydrogen) atoms. The third-order valence-corrected chi connectivity index (χ3v) is 9.66. The van der Waals surface area contributed by atoms with Gasteiger partial charge in [0.05, 0.1) is 28.3 Å². The third kappa shape index (κ3) is 3.10. The van der Waals surface area contributed by atoms with Crippen LogP contribution in [0.25, 0.3) is 0 Å². The molecule has 0 heterocycles. The summed E-state index contributed by atoms with van der Waals surface area (Å²) in [4.78, 5) is 12.3. The van der Waals surface area contributed by atoms with Crippen molar-refractivity contribution in [3.05, 3.63) is 0 Å². The SMILES string of the molecule is COC(=O)C(O[Si](C)(C)C(C)(C)C)C1([N+](C)(C)C)CC1. The Morgan fingerprint density at radius 3 is 1.90 bits per heavy atom. The van der Waals surface area contributed by atoms with Gasteiger partial charge in [0.1, 0.15) is 5.54 Å². The molecule has 1 saturated carbocycles. The number of carbonyl (C=O) groups is 1. The summed E-state index contributed by atoms with van der Waals surface area (Å²) < 4.78 is 12.2. The lowest BCUT2D eigenvalue weighted by atomic mass is 10.1. The molecule has 0 aromatic rings. The summed E-state index contributed by atoms with van der Waals surface area (Å²) in [6, 6.07) is 0. The molecular formula is C15H32NO3Si+. The van der Waals surface area contributed by atoms with E-state index in [4.69, 9.17) is 9.16 Å². The second-order valence-corrected chi connectivity index (χ2v) is 13.2. The number of hydrogen-bond acceptors (Lipinski definition) is 3. The van der Waals surface area contributed by atoms with Crippen molar-refractivity contribution in [3.63, 3.8) is 0 Å². The van der Waals surface area contributed by atoms with E-state index >= 15 is 0 Å². The van der Waals surface area contributed by atoms with Crippen LogP contribution in [0.15, 0.2) is 0 Å². The van der Waals surface area contributed by atoms with E-state index in [-0.39, 0.29) is 16.5 Å². The number of esters is 1. The van der Waals surface area contributed by atoms with Gasteiger partial charge in [0, 0.05) is 12.8 Å². The Labute approximate surface area is 125 Å². The molecule has 0 bridgehead atoms. The van der Waals surface area contributed by atoms with Crippen LogP contribution in [-0.2, 0) is 14.0 Å². The smallest absolute Gasteiger partial charge is 0.340 e. The standard InChI is InChI=1S/C15H32NO3Si/c1-14(2,3)20(8,9)19-12(13(17)18-7)15(10-11-15)16(4,5)6/h12H,10-11H2,1-9H3/q+1. The summed E-state index contributed by atoms with van der Waals surface area (Å²) in [6.45, 7) is 11.0. The van der Waals surface area contributed by atoms with Crippen LogP contribution in [0, 0.1) is 0 Å². The fraction of sp³-hybridized carbons (Fsp3) is 0.933. The van der Waals surface area contributed by atoms with Gasteiger partial charge in [-0.05, 0) is 18.1 Å². The van der Waals surface area contributed by atoms with Crippen molar-refractivity contribution in [2.24, 2.45) is 0 Å². The molecule has 0 N–H and O–H groups in total. The summed E-state index contributed by atoms with van der Waals surface area (Å²) in [5.41, 5.74) is -0.122. The highest BCUT2D eigenvalue weighted by Gasteiger charge is 2.65. The van der Waals surface area contributed by atoms with E-state index in [1.165, 1.54) is 7.11 Å². The van der Waals surface area contributed by atoms with Gasteiger partial charge in [-0.1, -0.05) is 20.8 Å². The van der Waals surface area contributed by atoms with Crippen molar-refractivity contribution in [3.8, 4) is 0 Å². The summed E-state index contributed by atoms with van der Waals surface area (Å²) >= 11 is 0. The second kappa shape index (κ2) is 5.11. The molecule has 0 aliphatic heterocycles. The number of nitrogens with zero attached hydrogens (tertiary/aromatic N) is 1. The van der Waals surface area contributed by atoms with Crippen molar-refractivity contribution in [1.82, 2.24) is 0 Å². The van der Waals surface area contributed by atoms with Gasteiger partial charge in [-0.15, -0.1) is 0 Å². The fourth-order valence-corrected chi connectivity index (χ4v) is 3.63. The van der Waals surface area contributed by atoms with E-state index in [0.717, 1.165) is 17.3 Å². The predicted molar refractivity (Wildman–Crippen MR) is 84.1 cm³/mol. The van der Waals surface area contributed by atoms with Crippen LogP contribution in [0.3, 0.4) is 0 Å². The Balaban J connectivity index is 3.09. The Hall–Kier alpha value is -0.393. The minimum atomic E-state index is -2.01. The number of rotatable bonds is 5. The molecule has 0 amide bonds. The van der Waals surface area contributed by atoms with Crippen LogP contribution in [0.5, 0.6) is 0 Å². The Morgan fingerprint density at radius 2 is 1.65 bits per heavy atom. The normalized spacial score (nSPS) is 20.4. The highest BCUT2D eigenvalue weighted by atomic mass is 28.4. The van der Waals surface area contributed by atoms with E-state index in [0.29, 0.717) is 0 Å². The van der Waals surface area contributed by atoms with Crippen LogP contribution >= 0.6 is 0 Å². The molecule has 0 saturated heterocycles. The molecule has 5 heteroatoms. The highest BCUT2D eigenvalue weighted by Crippen LogP contribution is 2.50. The molecule has 118 valence electrons. The van der Waals surface area contributed by atoms with Gasteiger partial charge in [0.15, 0.2) is 14.4 Å². The lowest BCUT2D eigenvalue weighted by molar-refractivity contribution is -0.910. The van der Waals surface area contributed by atoms with Gasteiger partial charge >= 0.3 is 5.97 Å². The molecule has 1 rings (SSSR count). The Morgan fingerprint density at radius 1 is 1.20 bits per heavy atom. The molecule has 0 radical (unpaired) electrons. The number of likely N-dealkylation sites (N-methyl/N-ethyl adjacent to an activating group) is 1. The number of carbonyl (C=O) groups excluding carboxylic acids is 1. The maximum Gasteiger partial charge on any atom is 0.340 e. The van der Waals surface area contributed by atoms with Gasteiger partial charge in [-0.25, -0.2) is 4.79 Å². The molecule has 4 nitrogen and oxygen atoms in total. The average Bonchev–Trinajstić information content (AvgIpc) is 3.03. The van der Waals surface area contributed by atoms with Crippen LogP contribution in [0.2, 0.25) is 18.1 Å². The molecule has 0 aromatic carbocycles. The topological polar surface area (TPSA) is 35.5 Å². The van der Waals surface area contributed by atoms with Crippen LogP contribution < -0.4 is 0 Å². The van der Waals surface area contributed by atoms with E-state index in [1.807, 2.05) is 0 Å².